The largest absolute Gasteiger partial charge is 0.508 e. The molecule has 0 aliphatic carbocycles. The summed E-state index contributed by atoms with van der Waals surface area (Å²) in [6.45, 7) is 3.94. The molecule has 0 unspecified atom stereocenters. The summed E-state index contributed by atoms with van der Waals surface area (Å²) in [5, 5.41) is 20.0. The minimum atomic E-state index is -0.782. The van der Waals surface area contributed by atoms with Gasteiger partial charge < -0.3 is 10.2 Å². The molecule has 0 aromatic heterocycles. The Bertz CT molecular complexity index is 515. The van der Waals surface area contributed by atoms with Crippen LogP contribution in [0.5, 0.6) is 5.75 Å². The van der Waals surface area contributed by atoms with Crippen LogP contribution >= 0.6 is 0 Å². The SMILES string of the molecule is Cc1ccc([C@H](O)c2cc(C)ccc2O)cc1. The standard InChI is InChI=1S/C15H16O2/c1-10-3-6-12(7-4-10)15(17)13-9-11(2)5-8-14(13)16/h3-9,15-17H,1-2H3/t15-/m0/s1. The third-order valence-electron chi connectivity index (χ3n) is 2.87. The number of aliphatic hydroxyl groups excluding tert-OH is 1. The Balaban J connectivity index is 2.39. The molecule has 0 amide bonds. The van der Waals surface area contributed by atoms with Gasteiger partial charge in [-0.15, -0.1) is 0 Å². The van der Waals surface area contributed by atoms with Crippen molar-refractivity contribution in [2.75, 3.05) is 0 Å². The molecular formula is C15H16O2. The maximum absolute atomic E-state index is 10.2. The Labute approximate surface area is 101 Å². The van der Waals surface area contributed by atoms with Gasteiger partial charge in [-0.3, -0.25) is 0 Å². The summed E-state index contributed by atoms with van der Waals surface area (Å²) in [5.41, 5.74) is 3.50. The minimum absolute atomic E-state index is 0.128. The van der Waals surface area contributed by atoms with Crippen LogP contribution in [0.25, 0.3) is 0 Å². The zero-order valence-electron chi connectivity index (χ0n) is 10.0. The van der Waals surface area contributed by atoms with Gasteiger partial charge in [-0.25, -0.2) is 0 Å². The molecule has 17 heavy (non-hydrogen) atoms. The second-order valence-corrected chi connectivity index (χ2v) is 4.38. The molecule has 0 spiro atoms. The van der Waals surface area contributed by atoms with Crippen molar-refractivity contribution in [1.82, 2.24) is 0 Å². The van der Waals surface area contributed by atoms with Gasteiger partial charge >= 0.3 is 0 Å². The molecule has 0 fully saturated rings. The first-order valence-electron chi connectivity index (χ1n) is 5.62. The van der Waals surface area contributed by atoms with E-state index in [1.165, 1.54) is 0 Å². The van der Waals surface area contributed by atoms with Gasteiger partial charge in [-0.05, 0) is 31.5 Å². The quantitative estimate of drug-likeness (QED) is 0.829. The van der Waals surface area contributed by atoms with Crippen molar-refractivity contribution >= 4 is 0 Å². The van der Waals surface area contributed by atoms with Crippen molar-refractivity contribution in [2.45, 2.75) is 20.0 Å². The van der Waals surface area contributed by atoms with E-state index in [4.69, 9.17) is 0 Å². The lowest BCUT2D eigenvalue weighted by Gasteiger charge is -2.14. The highest BCUT2D eigenvalue weighted by Crippen LogP contribution is 2.29. The van der Waals surface area contributed by atoms with Crippen molar-refractivity contribution < 1.29 is 10.2 Å². The Morgan fingerprint density at radius 3 is 2.12 bits per heavy atom. The average molecular weight is 228 g/mol. The van der Waals surface area contributed by atoms with E-state index in [-0.39, 0.29) is 5.75 Å². The van der Waals surface area contributed by atoms with E-state index in [1.807, 2.05) is 44.2 Å². The van der Waals surface area contributed by atoms with Crippen LogP contribution < -0.4 is 0 Å². The molecule has 0 heterocycles. The predicted octanol–water partition coefficient (Wildman–Crippen LogP) is 3.09. The number of hydrogen-bond donors (Lipinski definition) is 2. The van der Waals surface area contributed by atoms with Crippen LogP contribution in [0.1, 0.15) is 28.4 Å². The third-order valence-corrected chi connectivity index (χ3v) is 2.87. The highest BCUT2D eigenvalue weighted by Gasteiger charge is 2.14. The van der Waals surface area contributed by atoms with Gasteiger partial charge in [0.1, 0.15) is 11.9 Å². The number of phenols is 1. The van der Waals surface area contributed by atoms with Gasteiger partial charge in [0.25, 0.3) is 0 Å². The van der Waals surface area contributed by atoms with Crippen molar-refractivity contribution in [1.29, 1.82) is 0 Å². The summed E-state index contributed by atoms with van der Waals surface area (Å²) >= 11 is 0. The maximum Gasteiger partial charge on any atom is 0.121 e. The van der Waals surface area contributed by atoms with Crippen LogP contribution in [-0.4, -0.2) is 10.2 Å². The van der Waals surface area contributed by atoms with Crippen LogP contribution in [-0.2, 0) is 0 Å². The normalized spacial score (nSPS) is 12.4. The molecule has 0 aliphatic rings. The van der Waals surface area contributed by atoms with E-state index in [9.17, 15) is 10.2 Å². The zero-order chi connectivity index (χ0) is 12.4. The summed E-state index contributed by atoms with van der Waals surface area (Å²) in [6.07, 6.45) is -0.782. The Kier molecular flexibility index (Phi) is 3.16. The summed E-state index contributed by atoms with van der Waals surface area (Å²) < 4.78 is 0. The van der Waals surface area contributed by atoms with Gasteiger partial charge in [0, 0.05) is 5.56 Å². The topological polar surface area (TPSA) is 40.5 Å². The molecule has 1 atom stereocenters. The summed E-state index contributed by atoms with van der Waals surface area (Å²) in [6, 6.07) is 12.9. The fraction of sp³-hybridized carbons (Fsp3) is 0.200. The van der Waals surface area contributed by atoms with Gasteiger partial charge in [-0.2, -0.15) is 0 Å². The molecule has 2 nitrogen and oxygen atoms in total. The molecule has 2 aromatic rings. The summed E-state index contributed by atoms with van der Waals surface area (Å²) in [5.74, 6) is 0.128. The highest BCUT2D eigenvalue weighted by molar-refractivity contribution is 5.42. The molecule has 88 valence electrons. The van der Waals surface area contributed by atoms with Crippen molar-refractivity contribution in [3.05, 3.63) is 64.7 Å². The monoisotopic (exact) mass is 228 g/mol. The lowest BCUT2D eigenvalue weighted by atomic mass is 9.98. The number of aliphatic hydroxyl groups is 1. The number of aryl methyl sites for hydroxylation is 2. The summed E-state index contributed by atoms with van der Waals surface area (Å²) in [7, 11) is 0. The van der Waals surface area contributed by atoms with Gasteiger partial charge in [0.05, 0.1) is 0 Å². The Hall–Kier alpha value is -1.80. The first kappa shape index (κ1) is 11.7. The maximum atomic E-state index is 10.2. The highest BCUT2D eigenvalue weighted by atomic mass is 16.3. The van der Waals surface area contributed by atoms with E-state index in [0.717, 1.165) is 16.7 Å². The van der Waals surface area contributed by atoms with E-state index < -0.39 is 6.10 Å². The van der Waals surface area contributed by atoms with E-state index in [1.54, 1.807) is 12.1 Å². The molecule has 0 saturated carbocycles. The first-order chi connectivity index (χ1) is 8.08. The van der Waals surface area contributed by atoms with Crippen molar-refractivity contribution in [2.24, 2.45) is 0 Å². The number of aromatic hydroxyl groups is 1. The van der Waals surface area contributed by atoms with Gasteiger partial charge in [0.2, 0.25) is 0 Å². The van der Waals surface area contributed by atoms with E-state index >= 15 is 0 Å². The molecule has 0 bridgehead atoms. The lowest BCUT2D eigenvalue weighted by Crippen LogP contribution is -2.00. The second kappa shape index (κ2) is 4.60. The van der Waals surface area contributed by atoms with Crippen molar-refractivity contribution in [3.63, 3.8) is 0 Å². The van der Waals surface area contributed by atoms with Crippen LogP contribution in [0.2, 0.25) is 0 Å². The first-order valence-corrected chi connectivity index (χ1v) is 5.62. The number of benzene rings is 2. The van der Waals surface area contributed by atoms with E-state index in [0.29, 0.717) is 5.56 Å². The molecule has 0 radical (unpaired) electrons. The third kappa shape index (κ3) is 2.48. The molecular weight excluding hydrogens is 212 g/mol. The fourth-order valence-corrected chi connectivity index (χ4v) is 1.82. The number of phenolic OH excluding ortho intramolecular Hbond substituents is 1. The Morgan fingerprint density at radius 2 is 1.47 bits per heavy atom. The van der Waals surface area contributed by atoms with Crippen molar-refractivity contribution in [3.8, 4) is 5.75 Å². The Morgan fingerprint density at radius 1 is 0.882 bits per heavy atom. The van der Waals surface area contributed by atoms with Crippen LogP contribution in [0.3, 0.4) is 0 Å². The molecule has 2 aromatic carbocycles. The number of hydrogen-bond acceptors (Lipinski definition) is 2. The molecule has 2 N–H and O–H groups in total. The molecule has 0 saturated heterocycles. The van der Waals surface area contributed by atoms with Gasteiger partial charge in [0.15, 0.2) is 0 Å². The minimum Gasteiger partial charge on any atom is -0.508 e. The zero-order valence-corrected chi connectivity index (χ0v) is 10.0. The predicted molar refractivity (Wildman–Crippen MR) is 68.1 cm³/mol. The number of rotatable bonds is 2. The molecule has 0 aliphatic heterocycles. The van der Waals surface area contributed by atoms with Crippen LogP contribution in [0.4, 0.5) is 0 Å². The van der Waals surface area contributed by atoms with E-state index in [2.05, 4.69) is 0 Å². The lowest BCUT2D eigenvalue weighted by molar-refractivity contribution is 0.215. The fourth-order valence-electron chi connectivity index (χ4n) is 1.82. The van der Waals surface area contributed by atoms with Gasteiger partial charge in [-0.1, -0.05) is 41.5 Å². The van der Waals surface area contributed by atoms with Crippen LogP contribution in [0, 0.1) is 13.8 Å². The van der Waals surface area contributed by atoms with Crippen LogP contribution in [0.15, 0.2) is 42.5 Å². The summed E-state index contributed by atoms with van der Waals surface area (Å²) in [4.78, 5) is 0. The molecule has 2 rings (SSSR count). The molecule has 2 heteroatoms. The second-order valence-electron chi connectivity index (χ2n) is 4.38. The average Bonchev–Trinajstić information content (AvgIpc) is 2.32. The smallest absolute Gasteiger partial charge is 0.121 e.